The Balaban J connectivity index is 2.37. The Bertz CT molecular complexity index is 630. The lowest BCUT2D eigenvalue weighted by Gasteiger charge is -2.10. The molecule has 0 aliphatic rings. The molecule has 0 atom stereocenters. The summed E-state index contributed by atoms with van der Waals surface area (Å²) in [7, 11) is 1.56. The fraction of sp³-hybridized carbons (Fsp3) is 0.250. The van der Waals surface area contributed by atoms with E-state index in [2.05, 4.69) is 25.6 Å². The summed E-state index contributed by atoms with van der Waals surface area (Å²) in [5.74, 6) is -3.20. The van der Waals surface area contributed by atoms with Crippen molar-refractivity contribution in [1.82, 2.24) is 15.0 Å². The summed E-state index contributed by atoms with van der Waals surface area (Å²) in [5.41, 5.74) is -0.563. The quantitative estimate of drug-likeness (QED) is 0.883. The summed E-state index contributed by atoms with van der Waals surface area (Å²) in [6, 6.07) is 1.09. The van der Waals surface area contributed by atoms with E-state index in [-0.39, 0.29) is 17.9 Å². The van der Waals surface area contributed by atoms with Crippen molar-refractivity contribution in [3.63, 3.8) is 0 Å². The van der Waals surface area contributed by atoms with Gasteiger partial charge in [0.1, 0.15) is 11.5 Å². The number of benzene rings is 1. The van der Waals surface area contributed by atoms with Crippen LogP contribution < -0.4 is 15.4 Å². The molecule has 0 spiro atoms. The van der Waals surface area contributed by atoms with Crippen LogP contribution in [-0.4, -0.2) is 28.6 Å². The van der Waals surface area contributed by atoms with E-state index in [1.54, 1.807) is 14.0 Å². The Morgan fingerprint density at radius 3 is 2.24 bits per heavy atom. The van der Waals surface area contributed by atoms with Crippen LogP contribution in [0.3, 0.4) is 0 Å². The molecule has 0 saturated carbocycles. The minimum atomic E-state index is -1.10. The third-order valence-corrected chi connectivity index (χ3v) is 2.36. The van der Waals surface area contributed by atoms with E-state index in [1.165, 1.54) is 0 Å². The third kappa shape index (κ3) is 3.50. The summed E-state index contributed by atoms with van der Waals surface area (Å²) in [4.78, 5) is 11.6. The summed E-state index contributed by atoms with van der Waals surface area (Å²) >= 11 is 0. The Labute approximate surface area is 118 Å². The zero-order valence-electron chi connectivity index (χ0n) is 11.2. The summed E-state index contributed by atoms with van der Waals surface area (Å²) in [5, 5.41) is 5.00. The van der Waals surface area contributed by atoms with Gasteiger partial charge in [0, 0.05) is 19.2 Å². The molecule has 2 rings (SSSR count). The average molecular weight is 299 g/mol. The van der Waals surface area contributed by atoms with Gasteiger partial charge in [-0.2, -0.15) is 15.0 Å². The van der Waals surface area contributed by atoms with Gasteiger partial charge in [0.2, 0.25) is 11.9 Å². The lowest BCUT2D eigenvalue weighted by atomic mass is 10.3. The van der Waals surface area contributed by atoms with E-state index in [0.717, 1.165) is 0 Å². The number of nitrogens with one attached hydrogen (secondary N) is 2. The molecule has 2 N–H and O–H groups in total. The fourth-order valence-electron chi connectivity index (χ4n) is 1.49. The molecule has 0 bridgehead atoms. The van der Waals surface area contributed by atoms with Crippen LogP contribution in [0.15, 0.2) is 12.1 Å². The molecule has 0 amide bonds. The molecule has 1 aromatic carbocycles. The van der Waals surface area contributed by atoms with Gasteiger partial charge in [-0.15, -0.1) is 0 Å². The van der Waals surface area contributed by atoms with E-state index in [4.69, 9.17) is 4.74 Å². The first-order valence-electron chi connectivity index (χ1n) is 6.01. The molecule has 9 heteroatoms. The Morgan fingerprint density at radius 2 is 1.67 bits per heavy atom. The van der Waals surface area contributed by atoms with Crippen molar-refractivity contribution in [2.45, 2.75) is 6.92 Å². The number of aromatic nitrogens is 3. The van der Waals surface area contributed by atoms with Crippen LogP contribution >= 0.6 is 0 Å². The molecule has 2 aromatic rings. The normalized spacial score (nSPS) is 10.3. The zero-order valence-corrected chi connectivity index (χ0v) is 11.2. The monoisotopic (exact) mass is 299 g/mol. The van der Waals surface area contributed by atoms with Crippen molar-refractivity contribution in [3.05, 3.63) is 29.6 Å². The Kier molecular flexibility index (Phi) is 4.41. The van der Waals surface area contributed by atoms with Crippen LogP contribution in [0.1, 0.15) is 6.92 Å². The first-order chi connectivity index (χ1) is 10.0. The van der Waals surface area contributed by atoms with Gasteiger partial charge in [0.05, 0.1) is 6.61 Å². The molecule has 0 radical (unpaired) electrons. The maximum atomic E-state index is 13.6. The van der Waals surface area contributed by atoms with E-state index in [0.29, 0.717) is 18.7 Å². The second-order valence-corrected chi connectivity index (χ2v) is 3.82. The number of nitrogens with zero attached hydrogens (tertiary/aromatic N) is 3. The molecular formula is C12H12F3N5O. The molecule has 0 unspecified atom stereocenters. The van der Waals surface area contributed by atoms with Crippen LogP contribution in [0.5, 0.6) is 6.01 Å². The SMILES string of the molecule is CCOc1nc(NC)nc(Nc2c(F)cc(F)cc2F)n1. The van der Waals surface area contributed by atoms with Crippen molar-refractivity contribution >= 4 is 17.6 Å². The first-order valence-corrected chi connectivity index (χ1v) is 6.01. The molecule has 0 fully saturated rings. The van der Waals surface area contributed by atoms with Crippen molar-refractivity contribution in [2.24, 2.45) is 0 Å². The topological polar surface area (TPSA) is 72.0 Å². The number of anilines is 3. The minimum Gasteiger partial charge on any atom is -0.464 e. The predicted molar refractivity (Wildman–Crippen MR) is 70.1 cm³/mol. The molecule has 0 aliphatic carbocycles. The maximum absolute atomic E-state index is 13.6. The van der Waals surface area contributed by atoms with Crippen molar-refractivity contribution < 1.29 is 17.9 Å². The molecule has 0 aliphatic heterocycles. The highest BCUT2D eigenvalue weighted by Crippen LogP contribution is 2.23. The minimum absolute atomic E-state index is 0.0118. The number of rotatable bonds is 5. The van der Waals surface area contributed by atoms with Gasteiger partial charge in [-0.1, -0.05) is 0 Å². The molecule has 21 heavy (non-hydrogen) atoms. The van der Waals surface area contributed by atoms with Crippen LogP contribution in [0.2, 0.25) is 0 Å². The van der Waals surface area contributed by atoms with Crippen LogP contribution in [0.25, 0.3) is 0 Å². The molecule has 1 aromatic heterocycles. The molecule has 0 saturated heterocycles. The van der Waals surface area contributed by atoms with E-state index in [1.807, 2.05) is 0 Å². The van der Waals surface area contributed by atoms with E-state index >= 15 is 0 Å². The van der Waals surface area contributed by atoms with Crippen LogP contribution in [0.4, 0.5) is 30.8 Å². The largest absolute Gasteiger partial charge is 0.464 e. The predicted octanol–water partition coefficient (Wildman–Crippen LogP) is 2.47. The summed E-state index contributed by atoms with van der Waals surface area (Å²) in [6.45, 7) is 2.04. The molecule has 6 nitrogen and oxygen atoms in total. The van der Waals surface area contributed by atoms with Gasteiger partial charge in [0.15, 0.2) is 11.6 Å². The summed E-state index contributed by atoms with van der Waals surface area (Å²) in [6.07, 6.45) is 0. The van der Waals surface area contributed by atoms with Gasteiger partial charge < -0.3 is 15.4 Å². The van der Waals surface area contributed by atoms with Crippen LogP contribution in [0, 0.1) is 17.5 Å². The Hall–Kier alpha value is -2.58. The van der Waals surface area contributed by atoms with Gasteiger partial charge in [-0.25, -0.2) is 13.2 Å². The second kappa shape index (κ2) is 6.25. The maximum Gasteiger partial charge on any atom is 0.323 e. The highest BCUT2D eigenvalue weighted by molar-refractivity contribution is 5.56. The van der Waals surface area contributed by atoms with Gasteiger partial charge in [-0.05, 0) is 6.92 Å². The average Bonchev–Trinajstić information content (AvgIpc) is 2.43. The standard InChI is InChI=1S/C12H12F3N5O/c1-3-21-12-19-10(16-2)18-11(20-12)17-9-7(14)4-6(13)5-8(9)15/h4-5H,3H2,1-2H3,(H2,16,17,18,19,20). The number of ether oxygens (including phenoxy) is 1. The number of halogens is 3. The van der Waals surface area contributed by atoms with Crippen LogP contribution in [-0.2, 0) is 0 Å². The fourth-order valence-corrected chi connectivity index (χ4v) is 1.49. The highest BCUT2D eigenvalue weighted by Gasteiger charge is 2.14. The van der Waals surface area contributed by atoms with Crippen molar-refractivity contribution in [2.75, 3.05) is 24.3 Å². The Morgan fingerprint density at radius 1 is 1.05 bits per heavy atom. The molecular weight excluding hydrogens is 287 g/mol. The van der Waals surface area contributed by atoms with E-state index in [9.17, 15) is 13.2 Å². The lowest BCUT2D eigenvalue weighted by molar-refractivity contribution is 0.312. The second-order valence-electron chi connectivity index (χ2n) is 3.82. The molecule has 112 valence electrons. The lowest BCUT2D eigenvalue weighted by Crippen LogP contribution is -2.08. The number of hydrogen-bond acceptors (Lipinski definition) is 6. The van der Waals surface area contributed by atoms with Gasteiger partial charge in [0.25, 0.3) is 0 Å². The zero-order chi connectivity index (χ0) is 15.4. The third-order valence-electron chi connectivity index (χ3n) is 2.36. The highest BCUT2D eigenvalue weighted by atomic mass is 19.1. The summed E-state index contributed by atoms with van der Waals surface area (Å²) < 4.78 is 45.1. The smallest absolute Gasteiger partial charge is 0.323 e. The van der Waals surface area contributed by atoms with E-state index < -0.39 is 23.1 Å². The van der Waals surface area contributed by atoms with Crippen molar-refractivity contribution in [3.8, 4) is 6.01 Å². The van der Waals surface area contributed by atoms with Gasteiger partial charge >= 0.3 is 6.01 Å². The first kappa shape index (κ1) is 14.8. The van der Waals surface area contributed by atoms with Gasteiger partial charge in [-0.3, -0.25) is 0 Å². The number of hydrogen-bond donors (Lipinski definition) is 2. The molecule has 1 heterocycles. The van der Waals surface area contributed by atoms with Crippen molar-refractivity contribution in [1.29, 1.82) is 0 Å².